The molecule has 0 aliphatic heterocycles. The van der Waals surface area contributed by atoms with Crippen molar-refractivity contribution in [3.8, 4) is 5.69 Å². The van der Waals surface area contributed by atoms with Crippen LogP contribution < -0.4 is 11.3 Å². The maximum absolute atomic E-state index is 11.5. The normalized spacial score (nSPS) is 10.3. The molecule has 0 fully saturated rings. The Balaban J connectivity index is 2.89. The number of rotatable bonds is 2. The number of carbonyl (C=O) groups excluding carboxylic acids is 1. The lowest BCUT2D eigenvalue weighted by Gasteiger charge is -2.12. The molecule has 1 aromatic heterocycles. The number of nitrogens with two attached hydrogens (primary N) is 1. The zero-order valence-electron chi connectivity index (χ0n) is 9.01. The molecule has 0 atom stereocenters. The Hall–Kier alpha value is -1.92. The molecule has 0 aliphatic rings. The van der Waals surface area contributed by atoms with E-state index in [4.69, 9.17) is 29.6 Å². The highest BCUT2D eigenvalue weighted by Crippen LogP contribution is 2.22. The van der Waals surface area contributed by atoms with Gasteiger partial charge >= 0.3 is 0 Å². The molecule has 0 spiro atoms. The van der Waals surface area contributed by atoms with Gasteiger partial charge in [-0.1, -0.05) is 23.7 Å². The van der Waals surface area contributed by atoms with E-state index in [-0.39, 0.29) is 16.2 Å². The molecule has 3 N–H and O–H groups in total. The lowest BCUT2D eigenvalue weighted by Crippen LogP contribution is -2.21. The number of H-pyrrole nitrogens is 1. The van der Waals surface area contributed by atoms with Gasteiger partial charge in [-0.15, -0.1) is 0 Å². The number of carbonyl (C=O) groups is 1. The van der Waals surface area contributed by atoms with Crippen molar-refractivity contribution in [2.45, 2.75) is 0 Å². The van der Waals surface area contributed by atoms with Gasteiger partial charge in [-0.3, -0.25) is 19.1 Å². The van der Waals surface area contributed by atoms with Crippen LogP contribution in [0, 0.1) is 4.77 Å². The Kier molecular flexibility index (Phi) is 3.31. The molecule has 0 unspecified atom stereocenters. The number of nitrogens with zero attached hydrogens (tertiary/aromatic N) is 1. The van der Waals surface area contributed by atoms with E-state index in [0.717, 1.165) is 0 Å². The summed E-state index contributed by atoms with van der Waals surface area (Å²) < 4.78 is 1.43. The van der Waals surface area contributed by atoms with Crippen LogP contribution in [0.3, 0.4) is 0 Å². The molecule has 2 rings (SSSR count). The number of hydrogen-bond acceptors (Lipinski definition) is 4. The van der Waals surface area contributed by atoms with E-state index < -0.39 is 5.56 Å². The van der Waals surface area contributed by atoms with Crippen LogP contribution in [0.25, 0.3) is 5.69 Å². The minimum absolute atomic E-state index is 0.0353. The first-order chi connectivity index (χ1) is 8.56. The number of aldehydes is 1. The van der Waals surface area contributed by atoms with Crippen LogP contribution in [0.4, 0.5) is 5.82 Å². The molecule has 1 heterocycles. The van der Waals surface area contributed by atoms with E-state index in [2.05, 4.69) is 4.98 Å². The van der Waals surface area contributed by atoms with Crippen molar-refractivity contribution in [3.63, 3.8) is 0 Å². The van der Waals surface area contributed by atoms with Gasteiger partial charge in [0.05, 0.1) is 10.7 Å². The molecule has 0 aliphatic carbocycles. The van der Waals surface area contributed by atoms with Crippen LogP contribution in [0.15, 0.2) is 29.1 Å². The predicted molar refractivity (Wildman–Crippen MR) is 72.0 cm³/mol. The molecule has 2 aromatic rings. The first kappa shape index (κ1) is 12.5. The van der Waals surface area contributed by atoms with Crippen molar-refractivity contribution in [2.24, 2.45) is 0 Å². The number of aromatic amines is 1. The lowest BCUT2D eigenvalue weighted by atomic mass is 10.3. The Morgan fingerprint density at radius 2 is 2.06 bits per heavy atom. The Bertz CT molecular complexity index is 736. The Morgan fingerprint density at radius 3 is 2.67 bits per heavy atom. The van der Waals surface area contributed by atoms with Gasteiger partial charge in [0.15, 0.2) is 11.1 Å². The van der Waals surface area contributed by atoms with Gasteiger partial charge in [0, 0.05) is 0 Å². The van der Waals surface area contributed by atoms with Gasteiger partial charge in [-0.05, 0) is 24.4 Å². The van der Waals surface area contributed by atoms with Crippen LogP contribution in [0.5, 0.6) is 0 Å². The number of aromatic nitrogens is 2. The summed E-state index contributed by atoms with van der Waals surface area (Å²) in [6, 6.07) is 6.83. The van der Waals surface area contributed by atoms with Crippen LogP contribution in [0.1, 0.15) is 10.4 Å². The Labute approximate surface area is 112 Å². The minimum Gasteiger partial charge on any atom is -0.384 e. The summed E-state index contributed by atoms with van der Waals surface area (Å²) in [5.41, 5.74) is 5.49. The molecule has 1 aromatic carbocycles. The molecule has 7 heteroatoms. The number of hydrogen-bond donors (Lipinski definition) is 2. The summed E-state index contributed by atoms with van der Waals surface area (Å²) in [5.74, 6) is -0.0353. The molecule has 0 saturated heterocycles. The van der Waals surface area contributed by atoms with Crippen molar-refractivity contribution < 1.29 is 4.79 Å². The first-order valence-corrected chi connectivity index (χ1v) is 5.69. The quantitative estimate of drug-likeness (QED) is 0.651. The fourth-order valence-electron chi connectivity index (χ4n) is 1.55. The number of nitrogen functional groups attached to an aromatic ring is 1. The topological polar surface area (TPSA) is 80.9 Å². The molecule has 0 saturated carbocycles. The molecule has 0 amide bonds. The van der Waals surface area contributed by atoms with E-state index >= 15 is 0 Å². The van der Waals surface area contributed by atoms with Crippen molar-refractivity contribution >= 4 is 35.9 Å². The average molecular weight is 282 g/mol. The van der Waals surface area contributed by atoms with Gasteiger partial charge in [-0.2, -0.15) is 0 Å². The number of halogens is 1. The maximum atomic E-state index is 11.5. The second-order valence-electron chi connectivity index (χ2n) is 3.46. The van der Waals surface area contributed by atoms with Crippen LogP contribution in [-0.2, 0) is 0 Å². The zero-order chi connectivity index (χ0) is 13.3. The average Bonchev–Trinajstić information content (AvgIpc) is 2.31. The largest absolute Gasteiger partial charge is 0.384 e. The predicted octanol–water partition coefficient (Wildman–Crippen LogP) is 1.94. The third-order valence-electron chi connectivity index (χ3n) is 2.40. The second kappa shape index (κ2) is 4.75. The summed E-state index contributed by atoms with van der Waals surface area (Å²) in [5, 5.41) is 0.407. The van der Waals surface area contributed by atoms with Crippen molar-refractivity contribution in [2.75, 3.05) is 5.73 Å². The highest BCUT2D eigenvalue weighted by atomic mass is 35.5. The Morgan fingerprint density at radius 1 is 1.39 bits per heavy atom. The smallest absolute Gasteiger partial charge is 0.264 e. The zero-order valence-corrected chi connectivity index (χ0v) is 10.6. The van der Waals surface area contributed by atoms with Gasteiger partial charge in [0.25, 0.3) is 5.56 Å². The molecule has 0 bridgehead atoms. The van der Waals surface area contributed by atoms with E-state index in [1.54, 1.807) is 24.3 Å². The summed E-state index contributed by atoms with van der Waals surface area (Å²) in [6.45, 7) is 0. The van der Waals surface area contributed by atoms with Crippen LogP contribution in [-0.4, -0.2) is 15.8 Å². The van der Waals surface area contributed by atoms with E-state index in [0.29, 0.717) is 17.0 Å². The van der Waals surface area contributed by atoms with Gasteiger partial charge in [0.1, 0.15) is 11.4 Å². The summed E-state index contributed by atoms with van der Waals surface area (Å²) in [6.07, 6.45) is 0.385. The lowest BCUT2D eigenvalue weighted by molar-refractivity contribution is 0.112. The molecular formula is C11H8ClN3O2S. The molecule has 5 nitrogen and oxygen atoms in total. The van der Waals surface area contributed by atoms with Crippen molar-refractivity contribution in [3.05, 3.63) is 50.0 Å². The summed E-state index contributed by atoms with van der Waals surface area (Å²) in [4.78, 5) is 24.7. The van der Waals surface area contributed by atoms with Gasteiger partial charge in [0.2, 0.25) is 0 Å². The number of nitrogens with one attached hydrogen (secondary N) is 1. The highest BCUT2D eigenvalue weighted by molar-refractivity contribution is 7.71. The maximum Gasteiger partial charge on any atom is 0.264 e. The van der Waals surface area contributed by atoms with Crippen molar-refractivity contribution in [1.82, 2.24) is 9.55 Å². The number of benzene rings is 1. The minimum atomic E-state index is -0.615. The fourth-order valence-corrected chi connectivity index (χ4v) is 2.06. The molecular weight excluding hydrogens is 274 g/mol. The number of para-hydroxylation sites is 1. The first-order valence-electron chi connectivity index (χ1n) is 4.91. The highest BCUT2D eigenvalue weighted by Gasteiger charge is 2.12. The number of anilines is 1. The van der Waals surface area contributed by atoms with Gasteiger partial charge < -0.3 is 5.73 Å². The van der Waals surface area contributed by atoms with Crippen LogP contribution >= 0.6 is 23.8 Å². The monoisotopic (exact) mass is 281 g/mol. The summed E-state index contributed by atoms with van der Waals surface area (Å²) in [7, 11) is 0. The molecule has 92 valence electrons. The van der Waals surface area contributed by atoms with E-state index in [1.807, 2.05) is 0 Å². The fraction of sp³-hybridized carbons (Fsp3) is 0. The molecule has 18 heavy (non-hydrogen) atoms. The van der Waals surface area contributed by atoms with Gasteiger partial charge in [-0.25, -0.2) is 0 Å². The third-order valence-corrected chi connectivity index (χ3v) is 3.00. The molecule has 0 radical (unpaired) electrons. The van der Waals surface area contributed by atoms with E-state index in [1.165, 1.54) is 4.57 Å². The summed E-state index contributed by atoms with van der Waals surface area (Å²) >= 11 is 11.1. The van der Waals surface area contributed by atoms with Crippen molar-refractivity contribution in [1.29, 1.82) is 0 Å². The standard InChI is InChI=1S/C11H8ClN3O2S/c12-7-3-1-2-4-8(7)15-9(13)6(5-16)10(17)14-11(15)18/h1-5H,13H2,(H,14,17,18). The van der Waals surface area contributed by atoms with E-state index in [9.17, 15) is 9.59 Å². The third kappa shape index (κ3) is 1.96. The SMILES string of the molecule is Nc1c(C=O)c(=O)[nH]c(=S)n1-c1ccccc1Cl. The second-order valence-corrected chi connectivity index (χ2v) is 4.26. The van der Waals surface area contributed by atoms with Crippen LogP contribution in [0.2, 0.25) is 5.02 Å².